The lowest BCUT2D eigenvalue weighted by Gasteiger charge is -1.97. The second-order valence-corrected chi connectivity index (χ2v) is 2.89. The van der Waals surface area contributed by atoms with Crippen LogP contribution in [0.5, 0.6) is 0 Å². The first kappa shape index (κ1) is 7.85. The predicted octanol–water partition coefficient (Wildman–Crippen LogP) is 1.49. The van der Waals surface area contributed by atoms with E-state index in [-0.39, 0.29) is 0 Å². The van der Waals surface area contributed by atoms with Crippen LogP contribution in [0.3, 0.4) is 0 Å². The van der Waals surface area contributed by atoms with Crippen molar-refractivity contribution in [2.75, 3.05) is 5.32 Å². The van der Waals surface area contributed by atoms with Crippen molar-refractivity contribution < 1.29 is 0 Å². The van der Waals surface area contributed by atoms with Gasteiger partial charge in [-0.15, -0.1) is 0 Å². The summed E-state index contributed by atoms with van der Waals surface area (Å²) >= 11 is 0. The normalized spacial score (nSPS) is 10.3. The van der Waals surface area contributed by atoms with Gasteiger partial charge in [-0.1, -0.05) is 0 Å². The Morgan fingerprint density at radius 2 is 1.46 bits per heavy atom. The summed E-state index contributed by atoms with van der Waals surface area (Å²) in [6, 6.07) is 0. The first-order chi connectivity index (χ1) is 6.24. The number of hydrogen-bond donors (Lipinski definition) is 3. The molecule has 0 saturated carbocycles. The van der Waals surface area contributed by atoms with Crippen molar-refractivity contribution in [3.63, 3.8) is 0 Å². The Labute approximate surface area is 75.6 Å². The number of H-pyrrole nitrogens is 2. The number of aromatic amines is 2. The third-order valence-corrected chi connectivity index (χ3v) is 1.68. The summed E-state index contributed by atoms with van der Waals surface area (Å²) in [7, 11) is 0. The molecular formula is C8H11N5. The molecule has 2 aromatic heterocycles. The molecule has 3 N–H and O–H groups in total. The fraction of sp³-hybridized carbons (Fsp3) is 0.250. The number of anilines is 2. The summed E-state index contributed by atoms with van der Waals surface area (Å²) in [4.78, 5) is 14.3. The quantitative estimate of drug-likeness (QED) is 0.651. The highest BCUT2D eigenvalue weighted by Gasteiger charge is 1.98. The van der Waals surface area contributed by atoms with Gasteiger partial charge < -0.3 is 15.3 Å². The number of aromatic nitrogens is 4. The Hall–Kier alpha value is -1.78. The van der Waals surface area contributed by atoms with Crippen LogP contribution in [0.2, 0.25) is 0 Å². The lowest BCUT2D eigenvalue weighted by molar-refractivity contribution is 1.14. The first-order valence-corrected chi connectivity index (χ1v) is 4.04. The molecule has 5 heteroatoms. The zero-order valence-corrected chi connectivity index (χ0v) is 7.55. The van der Waals surface area contributed by atoms with Crippen molar-refractivity contribution in [3.8, 4) is 0 Å². The van der Waals surface area contributed by atoms with Crippen molar-refractivity contribution >= 4 is 11.6 Å². The third-order valence-electron chi connectivity index (χ3n) is 1.68. The van der Waals surface area contributed by atoms with E-state index in [2.05, 4.69) is 25.3 Å². The highest BCUT2D eigenvalue weighted by atomic mass is 15.1. The number of rotatable bonds is 2. The molecule has 0 fully saturated rings. The lowest BCUT2D eigenvalue weighted by Crippen LogP contribution is -1.90. The Balaban J connectivity index is 2.14. The Bertz CT molecular complexity index is 362. The maximum Gasteiger partial charge on any atom is 0.129 e. The largest absolute Gasteiger partial charge is 0.329 e. The van der Waals surface area contributed by atoms with E-state index in [1.807, 2.05) is 13.8 Å². The topological polar surface area (TPSA) is 69.4 Å². The molecule has 0 aliphatic heterocycles. The second-order valence-electron chi connectivity index (χ2n) is 2.89. The molecule has 0 aliphatic rings. The number of hydrogen-bond acceptors (Lipinski definition) is 3. The molecule has 2 aromatic rings. The Morgan fingerprint density at radius 1 is 1.00 bits per heavy atom. The van der Waals surface area contributed by atoms with Gasteiger partial charge in [0.2, 0.25) is 0 Å². The van der Waals surface area contributed by atoms with Crippen LogP contribution in [0.1, 0.15) is 11.6 Å². The highest BCUT2D eigenvalue weighted by Crippen LogP contribution is 2.10. The first-order valence-electron chi connectivity index (χ1n) is 4.04. The molecule has 0 radical (unpaired) electrons. The van der Waals surface area contributed by atoms with Gasteiger partial charge in [-0.3, -0.25) is 0 Å². The van der Waals surface area contributed by atoms with Gasteiger partial charge in [0.25, 0.3) is 0 Å². The summed E-state index contributed by atoms with van der Waals surface area (Å²) in [6.45, 7) is 3.81. The molecule has 5 nitrogen and oxygen atoms in total. The molecule has 0 amide bonds. The number of nitrogens with zero attached hydrogens (tertiary/aromatic N) is 2. The minimum atomic E-state index is 0.862. The van der Waals surface area contributed by atoms with Gasteiger partial charge in [-0.2, -0.15) is 0 Å². The van der Waals surface area contributed by atoms with Crippen molar-refractivity contribution in [2.24, 2.45) is 0 Å². The van der Waals surface area contributed by atoms with E-state index in [9.17, 15) is 0 Å². The van der Waals surface area contributed by atoms with Crippen LogP contribution >= 0.6 is 0 Å². The van der Waals surface area contributed by atoms with E-state index in [1.54, 1.807) is 12.4 Å². The highest BCUT2D eigenvalue weighted by molar-refractivity contribution is 5.49. The van der Waals surface area contributed by atoms with Crippen LogP contribution in [-0.2, 0) is 0 Å². The van der Waals surface area contributed by atoms with E-state index in [0.717, 1.165) is 23.3 Å². The summed E-state index contributed by atoms with van der Waals surface area (Å²) in [5, 5.41) is 3.11. The summed E-state index contributed by atoms with van der Waals surface area (Å²) in [6.07, 6.45) is 3.48. The fourth-order valence-corrected chi connectivity index (χ4v) is 1.11. The Morgan fingerprint density at radius 3 is 1.77 bits per heavy atom. The average Bonchev–Trinajstić information content (AvgIpc) is 2.62. The third kappa shape index (κ3) is 1.69. The van der Waals surface area contributed by atoms with E-state index in [1.165, 1.54) is 0 Å². The summed E-state index contributed by atoms with van der Waals surface area (Å²) in [5.41, 5.74) is 0. The molecule has 0 saturated heterocycles. The molecule has 2 heterocycles. The molecule has 0 atom stereocenters. The minimum absolute atomic E-state index is 0.862. The van der Waals surface area contributed by atoms with Crippen LogP contribution in [0.4, 0.5) is 11.6 Å². The molecular weight excluding hydrogens is 166 g/mol. The Kier molecular flexibility index (Phi) is 1.77. The van der Waals surface area contributed by atoms with Crippen molar-refractivity contribution in [1.29, 1.82) is 0 Å². The van der Waals surface area contributed by atoms with E-state index in [0.29, 0.717) is 0 Å². The van der Waals surface area contributed by atoms with Crippen molar-refractivity contribution in [3.05, 3.63) is 24.0 Å². The molecule has 2 rings (SSSR count). The van der Waals surface area contributed by atoms with Gasteiger partial charge in [-0.05, 0) is 13.8 Å². The molecule has 0 aliphatic carbocycles. The number of nitrogens with one attached hydrogen (secondary N) is 3. The SMILES string of the molecule is Cc1ncc(Nc2cnc(C)[nH]2)[nH]1. The fourth-order valence-electron chi connectivity index (χ4n) is 1.11. The monoisotopic (exact) mass is 177 g/mol. The van der Waals surface area contributed by atoms with E-state index >= 15 is 0 Å². The molecule has 68 valence electrons. The molecule has 0 unspecified atom stereocenters. The molecule has 0 aromatic carbocycles. The zero-order valence-electron chi connectivity index (χ0n) is 7.55. The molecule has 0 bridgehead atoms. The minimum Gasteiger partial charge on any atom is -0.329 e. The van der Waals surface area contributed by atoms with Gasteiger partial charge in [-0.25, -0.2) is 9.97 Å². The van der Waals surface area contributed by atoms with E-state index in [4.69, 9.17) is 0 Å². The van der Waals surface area contributed by atoms with Crippen molar-refractivity contribution in [1.82, 2.24) is 19.9 Å². The van der Waals surface area contributed by atoms with Crippen LogP contribution < -0.4 is 5.32 Å². The van der Waals surface area contributed by atoms with Crippen LogP contribution in [0.25, 0.3) is 0 Å². The summed E-state index contributed by atoms with van der Waals surface area (Å²) in [5.74, 6) is 3.50. The number of imidazole rings is 2. The molecule has 0 spiro atoms. The van der Waals surface area contributed by atoms with E-state index < -0.39 is 0 Å². The smallest absolute Gasteiger partial charge is 0.129 e. The van der Waals surface area contributed by atoms with Gasteiger partial charge in [0.1, 0.15) is 23.3 Å². The van der Waals surface area contributed by atoms with Gasteiger partial charge in [0.15, 0.2) is 0 Å². The summed E-state index contributed by atoms with van der Waals surface area (Å²) < 4.78 is 0. The van der Waals surface area contributed by atoms with Crippen LogP contribution in [-0.4, -0.2) is 19.9 Å². The van der Waals surface area contributed by atoms with Gasteiger partial charge in [0.05, 0.1) is 12.4 Å². The lowest BCUT2D eigenvalue weighted by atomic mass is 10.6. The standard InChI is InChI=1S/C8H11N5/c1-5-9-3-7(11-5)13-8-4-10-6(2)12-8/h3-4,13H,1-2H3,(H,9,11)(H,10,12). The van der Waals surface area contributed by atoms with Crippen LogP contribution in [0.15, 0.2) is 12.4 Å². The van der Waals surface area contributed by atoms with Crippen LogP contribution in [0, 0.1) is 13.8 Å². The zero-order chi connectivity index (χ0) is 9.26. The molecule has 13 heavy (non-hydrogen) atoms. The average molecular weight is 177 g/mol. The number of aryl methyl sites for hydroxylation is 2. The van der Waals surface area contributed by atoms with Gasteiger partial charge >= 0.3 is 0 Å². The predicted molar refractivity (Wildman–Crippen MR) is 49.9 cm³/mol. The van der Waals surface area contributed by atoms with Crippen molar-refractivity contribution in [2.45, 2.75) is 13.8 Å². The second kappa shape index (κ2) is 2.93. The maximum absolute atomic E-state index is 4.07. The maximum atomic E-state index is 4.07. The van der Waals surface area contributed by atoms with Gasteiger partial charge in [0, 0.05) is 0 Å².